The molecule has 1 saturated heterocycles. The highest BCUT2D eigenvalue weighted by Gasteiger charge is 2.28. The highest BCUT2D eigenvalue weighted by Crippen LogP contribution is 2.19. The Morgan fingerprint density at radius 1 is 0.853 bits per heavy atom. The highest BCUT2D eigenvalue weighted by molar-refractivity contribution is 7.89. The predicted octanol–water partition coefficient (Wildman–Crippen LogP) is 2.26. The lowest BCUT2D eigenvalue weighted by Gasteiger charge is -2.34. The van der Waals surface area contributed by atoms with E-state index in [1.165, 1.54) is 45.5 Å². The van der Waals surface area contributed by atoms with Crippen LogP contribution >= 0.6 is 11.3 Å². The second-order valence-electron chi connectivity index (χ2n) is 8.00. The van der Waals surface area contributed by atoms with Gasteiger partial charge in [-0.2, -0.15) is 15.6 Å². The molecule has 10 heteroatoms. The predicted molar refractivity (Wildman–Crippen MR) is 131 cm³/mol. The molecule has 1 aliphatic heterocycles. The maximum atomic E-state index is 13.1. The van der Waals surface area contributed by atoms with Crippen LogP contribution < -0.4 is 10.9 Å². The van der Waals surface area contributed by atoms with Gasteiger partial charge in [0.2, 0.25) is 15.9 Å². The number of rotatable bonds is 7. The third kappa shape index (κ3) is 6.09. The highest BCUT2D eigenvalue weighted by atomic mass is 32.2. The zero-order valence-corrected chi connectivity index (χ0v) is 20.1. The van der Waals surface area contributed by atoms with Crippen molar-refractivity contribution in [3.8, 4) is 0 Å². The van der Waals surface area contributed by atoms with Crippen molar-refractivity contribution >= 4 is 33.2 Å². The van der Waals surface area contributed by atoms with E-state index in [0.29, 0.717) is 26.2 Å². The van der Waals surface area contributed by atoms with Crippen LogP contribution in [0.15, 0.2) is 76.3 Å². The van der Waals surface area contributed by atoms with Crippen LogP contribution in [0.4, 0.5) is 0 Å². The molecule has 1 fully saturated rings. The first-order valence-corrected chi connectivity index (χ1v) is 13.3. The van der Waals surface area contributed by atoms with Gasteiger partial charge in [0.25, 0.3) is 5.91 Å². The third-order valence-electron chi connectivity index (χ3n) is 5.59. The monoisotopic (exact) mass is 498 g/mol. The number of piperazine rings is 1. The summed E-state index contributed by atoms with van der Waals surface area (Å²) in [4.78, 5) is 26.6. The molecule has 2 N–H and O–H groups in total. The van der Waals surface area contributed by atoms with Gasteiger partial charge in [-0.3, -0.25) is 25.3 Å². The lowest BCUT2D eigenvalue weighted by Crippen LogP contribution is -2.48. The molecule has 0 aliphatic carbocycles. The van der Waals surface area contributed by atoms with Gasteiger partial charge in [0, 0.05) is 38.3 Å². The number of hydrogen-bond acceptors (Lipinski definition) is 6. The van der Waals surface area contributed by atoms with Gasteiger partial charge in [0.05, 0.1) is 11.3 Å². The molecule has 0 radical (unpaired) electrons. The van der Waals surface area contributed by atoms with E-state index in [4.69, 9.17) is 0 Å². The average molecular weight is 499 g/mol. The quantitative estimate of drug-likeness (QED) is 0.487. The zero-order valence-electron chi connectivity index (χ0n) is 18.5. The summed E-state index contributed by atoms with van der Waals surface area (Å²) in [6.07, 6.45) is 0.166. The number of benzene rings is 2. The number of carbonyl (C=O) groups excluding carboxylic acids is 2. The molecule has 3 aromatic rings. The summed E-state index contributed by atoms with van der Waals surface area (Å²) in [6.45, 7) is 2.92. The van der Waals surface area contributed by atoms with E-state index in [2.05, 4.69) is 27.9 Å². The Morgan fingerprint density at radius 3 is 2.21 bits per heavy atom. The van der Waals surface area contributed by atoms with Gasteiger partial charge in [0.1, 0.15) is 0 Å². The van der Waals surface area contributed by atoms with Crippen LogP contribution in [0.3, 0.4) is 0 Å². The first kappa shape index (κ1) is 24.1. The van der Waals surface area contributed by atoms with E-state index in [-0.39, 0.29) is 22.8 Å². The number of nitrogens with zero attached hydrogens (tertiary/aromatic N) is 2. The number of nitrogens with one attached hydrogen (secondary N) is 2. The van der Waals surface area contributed by atoms with Gasteiger partial charge in [-0.25, -0.2) is 8.42 Å². The van der Waals surface area contributed by atoms with E-state index in [1.54, 1.807) is 0 Å². The fraction of sp³-hybridized carbons (Fsp3) is 0.250. The second kappa shape index (κ2) is 10.9. The summed E-state index contributed by atoms with van der Waals surface area (Å²) in [7, 11) is -3.65. The SMILES string of the molecule is O=C(Cc1ccsc1)NNC(=O)c1ccc(S(=O)(=O)N2CCN(Cc3ccccc3)CC2)cc1. The number of carbonyl (C=O) groups is 2. The summed E-state index contributed by atoms with van der Waals surface area (Å²) >= 11 is 1.49. The summed E-state index contributed by atoms with van der Waals surface area (Å²) in [5.74, 6) is -0.852. The van der Waals surface area contributed by atoms with Crippen molar-refractivity contribution < 1.29 is 18.0 Å². The Kier molecular flexibility index (Phi) is 7.73. The molecule has 1 aromatic heterocycles. The van der Waals surface area contributed by atoms with Crippen molar-refractivity contribution in [3.05, 3.63) is 88.1 Å². The van der Waals surface area contributed by atoms with Crippen LogP contribution in [0.5, 0.6) is 0 Å². The summed E-state index contributed by atoms with van der Waals surface area (Å²) in [5.41, 5.74) is 7.05. The van der Waals surface area contributed by atoms with Crippen molar-refractivity contribution in [2.45, 2.75) is 17.9 Å². The van der Waals surface area contributed by atoms with Crippen LogP contribution in [0, 0.1) is 0 Å². The van der Waals surface area contributed by atoms with E-state index in [9.17, 15) is 18.0 Å². The van der Waals surface area contributed by atoms with E-state index >= 15 is 0 Å². The Labute approximate surface area is 203 Å². The average Bonchev–Trinajstić information content (AvgIpc) is 3.36. The molecule has 0 saturated carbocycles. The molecule has 2 amide bonds. The summed E-state index contributed by atoms with van der Waals surface area (Å²) in [6, 6.07) is 17.7. The minimum absolute atomic E-state index is 0.141. The number of sulfonamides is 1. The second-order valence-corrected chi connectivity index (χ2v) is 10.7. The molecule has 8 nitrogen and oxygen atoms in total. The lowest BCUT2D eigenvalue weighted by molar-refractivity contribution is -0.121. The normalized spacial score (nSPS) is 15.1. The molecule has 34 heavy (non-hydrogen) atoms. The van der Waals surface area contributed by atoms with Gasteiger partial charge in [-0.05, 0) is 52.2 Å². The minimum Gasteiger partial charge on any atom is -0.296 e. The Bertz CT molecular complexity index is 1210. The van der Waals surface area contributed by atoms with E-state index in [0.717, 1.165) is 12.1 Å². The van der Waals surface area contributed by atoms with E-state index < -0.39 is 15.9 Å². The Balaban J connectivity index is 1.29. The number of thiophene rings is 1. The first-order valence-electron chi connectivity index (χ1n) is 10.9. The zero-order chi connectivity index (χ0) is 24.0. The lowest BCUT2D eigenvalue weighted by atomic mass is 10.2. The maximum Gasteiger partial charge on any atom is 0.269 e. The summed E-state index contributed by atoms with van der Waals surface area (Å²) < 4.78 is 27.6. The standard InChI is InChI=1S/C24H26N4O4S2/c29-23(16-20-10-15-33-18-20)25-26-24(30)21-6-8-22(9-7-21)34(31,32)28-13-11-27(12-14-28)17-19-4-2-1-3-5-19/h1-10,15,18H,11-14,16-17H2,(H,25,29)(H,26,30). The molecular weight excluding hydrogens is 472 g/mol. The first-order chi connectivity index (χ1) is 16.4. The molecular formula is C24H26N4O4S2. The van der Waals surface area contributed by atoms with Gasteiger partial charge in [-0.1, -0.05) is 30.3 Å². The van der Waals surface area contributed by atoms with Crippen LogP contribution in [0.2, 0.25) is 0 Å². The molecule has 1 aliphatic rings. The fourth-order valence-electron chi connectivity index (χ4n) is 3.72. The van der Waals surface area contributed by atoms with Gasteiger partial charge < -0.3 is 0 Å². The Morgan fingerprint density at radius 2 is 1.56 bits per heavy atom. The van der Waals surface area contributed by atoms with Crippen LogP contribution in [-0.2, 0) is 27.8 Å². The van der Waals surface area contributed by atoms with Crippen molar-refractivity contribution in [1.29, 1.82) is 0 Å². The molecule has 4 rings (SSSR count). The van der Waals surface area contributed by atoms with Crippen molar-refractivity contribution in [1.82, 2.24) is 20.1 Å². The maximum absolute atomic E-state index is 13.1. The van der Waals surface area contributed by atoms with Crippen LogP contribution in [0.25, 0.3) is 0 Å². The van der Waals surface area contributed by atoms with Crippen molar-refractivity contribution in [2.75, 3.05) is 26.2 Å². The molecule has 0 bridgehead atoms. The Hall–Kier alpha value is -3.05. The molecule has 0 spiro atoms. The topological polar surface area (TPSA) is 98.8 Å². The van der Waals surface area contributed by atoms with Gasteiger partial charge in [0.15, 0.2) is 0 Å². The van der Waals surface area contributed by atoms with Crippen molar-refractivity contribution in [3.63, 3.8) is 0 Å². The van der Waals surface area contributed by atoms with Crippen LogP contribution in [-0.4, -0.2) is 55.6 Å². The third-order valence-corrected chi connectivity index (χ3v) is 8.24. The van der Waals surface area contributed by atoms with Gasteiger partial charge in [-0.15, -0.1) is 0 Å². The molecule has 178 valence electrons. The fourth-order valence-corrected chi connectivity index (χ4v) is 5.81. The molecule has 2 aromatic carbocycles. The molecule has 0 atom stereocenters. The number of hydrogen-bond donors (Lipinski definition) is 2. The van der Waals surface area contributed by atoms with Crippen LogP contribution in [0.1, 0.15) is 21.5 Å². The largest absolute Gasteiger partial charge is 0.296 e. The number of amides is 2. The number of hydrazine groups is 1. The molecule has 2 heterocycles. The van der Waals surface area contributed by atoms with Crippen molar-refractivity contribution in [2.24, 2.45) is 0 Å². The summed E-state index contributed by atoms with van der Waals surface area (Å²) in [5, 5.41) is 3.74. The van der Waals surface area contributed by atoms with Gasteiger partial charge >= 0.3 is 0 Å². The smallest absolute Gasteiger partial charge is 0.269 e. The minimum atomic E-state index is -3.65. The van der Waals surface area contributed by atoms with E-state index in [1.807, 2.05) is 35.0 Å². The molecule has 0 unspecified atom stereocenters.